The molecule has 0 radical (unpaired) electrons. The molecule has 7 heteroatoms. The van der Waals surface area contributed by atoms with Gasteiger partial charge in [-0.3, -0.25) is 19.1 Å². The number of carbonyl (C=O) groups excluding carboxylic acids is 3. The molecule has 0 fully saturated rings. The highest BCUT2D eigenvalue weighted by atomic mass is 16.5. The Morgan fingerprint density at radius 3 is 2.52 bits per heavy atom. The van der Waals surface area contributed by atoms with Crippen molar-refractivity contribution in [3.8, 4) is 0 Å². The molecule has 25 heavy (non-hydrogen) atoms. The van der Waals surface area contributed by atoms with E-state index in [1.165, 1.54) is 24.1 Å². The van der Waals surface area contributed by atoms with Crippen LogP contribution in [0.5, 0.6) is 0 Å². The zero-order chi connectivity index (χ0) is 18.1. The molecule has 0 aliphatic heterocycles. The number of benzene rings is 1. The fraction of sp³-hybridized carbons (Fsp3) is 0.222. The first kappa shape index (κ1) is 16.6. The van der Waals surface area contributed by atoms with Gasteiger partial charge in [-0.1, -0.05) is 24.3 Å². The number of fused-ring (bicyclic) bond motifs is 1. The molecular formula is C18H16N2O5. The molecule has 0 bridgehead atoms. The van der Waals surface area contributed by atoms with Crippen molar-refractivity contribution in [3.05, 3.63) is 58.9 Å². The second kappa shape index (κ2) is 6.35. The third-order valence-corrected chi connectivity index (χ3v) is 4.21. The van der Waals surface area contributed by atoms with E-state index < -0.39 is 23.5 Å². The average Bonchev–Trinajstić information content (AvgIpc) is 3.05. The third-order valence-electron chi connectivity index (χ3n) is 4.21. The van der Waals surface area contributed by atoms with E-state index >= 15 is 0 Å². The molecular weight excluding hydrogens is 324 g/mol. The highest BCUT2D eigenvalue weighted by molar-refractivity contribution is 6.52. The summed E-state index contributed by atoms with van der Waals surface area (Å²) < 4.78 is 6.21. The van der Waals surface area contributed by atoms with E-state index in [9.17, 15) is 19.5 Å². The summed E-state index contributed by atoms with van der Waals surface area (Å²) >= 11 is 0. The van der Waals surface area contributed by atoms with Crippen LogP contribution in [-0.4, -0.2) is 39.5 Å². The Morgan fingerprint density at radius 2 is 1.92 bits per heavy atom. The molecule has 1 N–H and O–H groups in total. The van der Waals surface area contributed by atoms with Crippen LogP contribution in [0.1, 0.15) is 33.8 Å². The predicted octanol–water partition coefficient (Wildman–Crippen LogP) is 1.80. The molecule has 7 nitrogen and oxygen atoms in total. The molecule has 0 spiro atoms. The maximum absolute atomic E-state index is 12.6. The molecule has 3 rings (SSSR count). The third kappa shape index (κ3) is 2.84. The largest absolute Gasteiger partial charge is 0.507 e. The number of methoxy groups -OCH3 is 1. The fourth-order valence-corrected chi connectivity index (χ4v) is 2.96. The SMILES string of the molecule is COC(=O)C[C@@H](C1=C(O)c2ccccc2C(=O)C1=O)c1cnn(C)c1. The van der Waals surface area contributed by atoms with Gasteiger partial charge < -0.3 is 9.84 Å². The molecule has 1 aromatic heterocycles. The highest BCUT2D eigenvalue weighted by Crippen LogP contribution is 2.38. The summed E-state index contributed by atoms with van der Waals surface area (Å²) in [4.78, 5) is 36.9. The van der Waals surface area contributed by atoms with Gasteiger partial charge in [0.2, 0.25) is 11.6 Å². The summed E-state index contributed by atoms with van der Waals surface area (Å²) in [5.41, 5.74) is 0.856. The first-order chi connectivity index (χ1) is 11.9. The Labute approximate surface area is 143 Å². The van der Waals surface area contributed by atoms with Crippen molar-refractivity contribution < 1.29 is 24.2 Å². The maximum atomic E-state index is 12.6. The molecule has 1 aliphatic rings. The number of rotatable bonds is 4. The fourth-order valence-electron chi connectivity index (χ4n) is 2.96. The van der Waals surface area contributed by atoms with Crippen molar-refractivity contribution in [1.82, 2.24) is 9.78 Å². The van der Waals surface area contributed by atoms with Gasteiger partial charge in [0.1, 0.15) is 5.76 Å². The van der Waals surface area contributed by atoms with Crippen molar-refractivity contribution in [3.63, 3.8) is 0 Å². The maximum Gasteiger partial charge on any atom is 0.306 e. The number of hydrogen-bond donors (Lipinski definition) is 1. The highest BCUT2D eigenvalue weighted by Gasteiger charge is 2.38. The van der Waals surface area contributed by atoms with E-state index in [0.29, 0.717) is 5.56 Å². The molecule has 1 atom stereocenters. The Kier molecular flexibility index (Phi) is 4.22. The van der Waals surface area contributed by atoms with E-state index in [1.54, 1.807) is 31.4 Å². The number of aliphatic hydroxyl groups excluding tert-OH is 1. The number of nitrogens with zero attached hydrogens (tertiary/aromatic N) is 2. The summed E-state index contributed by atoms with van der Waals surface area (Å²) in [6, 6.07) is 6.33. The van der Waals surface area contributed by atoms with Crippen LogP contribution in [0.15, 0.2) is 42.2 Å². The van der Waals surface area contributed by atoms with Crippen LogP contribution < -0.4 is 0 Å². The minimum atomic E-state index is -0.828. The standard InChI is InChI=1S/C18H16N2O5/c1-20-9-10(8-19-20)13(7-14(21)25-2)15-16(22)11-5-3-4-6-12(11)17(23)18(15)24/h3-6,8-9,13,22H,7H2,1-2H3/t13-/m1/s1. The molecule has 0 saturated heterocycles. The first-order valence-corrected chi connectivity index (χ1v) is 7.61. The normalized spacial score (nSPS) is 15.1. The number of ether oxygens (including phenoxy) is 1. The van der Waals surface area contributed by atoms with Crippen LogP contribution in [-0.2, 0) is 21.4 Å². The lowest BCUT2D eigenvalue weighted by Crippen LogP contribution is -2.28. The van der Waals surface area contributed by atoms with Gasteiger partial charge in [-0.2, -0.15) is 5.10 Å². The zero-order valence-corrected chi connectivity index (χ0v) is 13.7. The Bertz CT molecular complexity index is 910. The lowest BCUT2D eigenvalue weighted by atomic mass is 9.79. The van der Waals surface area contributed by atoms with Crippen molar-refractivity contribution >= 4 is 23.3 Å². The van der Waals surface area contributed by atoms with Gasteiger partial charge in [-0.15, -0.1) is 0 Å². The van der Waals surface area contributed by atoms with E-state index in [1.807, 2.05) is 0 Å². The van der Waals surface area contributed by atoms with Gasteiger partial charge in [-0.05, 0) is 5.56 Å². The van der Waals surface area contributed by atoms with Gasteiger partial charge in [-0.25, -0.2) is 0 Å². The number of allylic oxidation sites excluding steroid dienone is 1. The number of aryl methyl sites for hydroxylation is 1. The molecule has 1 aliphatic carbocycles. The summed E-state index contributed by atoms with van der Waals surface area (Å²) in [5.74, 6) is -3.21. The first-order valence-electron chi connectivity index (χ1n) is 7.61. The van der Waals surface area contributed by atoms with E-state index in [4.69, 9.17) is 4.74 Å². The van der Waals surface area contributed by atoms with Crippen molar-refractivity contribution in [2.45, 2.75) is 12.3 Å². The topological polar surface area (TPSA) is 98.5 Å². The van der Waals surface area contributed by atoms with Crippen molar-refractivity contribution in [2.75, 3.05) is 7.11 Å². The average molecular weight is 340 g/mol. The van der Waals surface area contributed by atoms with Gasteiger partial charge in [0.25, 0.3) is 0 Å². The molecule has 1 heterocycles. The molecule has 0 unspecified atom stereocenters. The number of ketones is 2. The molecule has 0 amide bonds. The van der Waals surface area contributed by atoms with Gasteiger partial charge >= 0.3 is 5.97 Å². The van der Waals surface area contributed by atoms with E-state index in [0.717, 1.165) is 0 Å². The lowest BCUT2D eigenvalue weighted by molar-refractivity contribution is -0.140. The Morgan fingerprint density at radius 1 is 1.24 bits per heavy atom. The summed E-state index contributed by atoms with van der Waals surface area (Å²) in [6.07, 6.45) is 2.93. The van der Waals surface area contributed by atoms with Gasteiger partial charge in [0, 0.05) is 30.3 Å². The molecule has 1 aromatic carbocycles. The van der Waals surface area contributed by atoms with Crippen LogP contribution in [0.2, 0.25) is 0 Å². The van der Waals surface area contributed by atoms with Crippen LogP contribution in [0, 0.1) is 0 Å². The number of aromatic nitrogens is 2. The second-order valence-corrected chi connectivity index (χ2v) is 5.75. The number of Topliss-reactive ketones (excluding diaryl/α,β-unsaturated/α-hetero) is 2. The molecule has 128 valence electrons. The van der Waals surface area contributed by atoms with Crippen LogP contribution in [0.3, 0.4) is 0 Å². The van der Waals surface area contributed by atoms with Crippen LogP contribution in [0.4, 0.5) is 0 Å². The Balaban J connectivity index is 2.18. The smallest absolute Gasteiger partial charge is 0.306 e. The minimum Gasteiger partial charge on any atom is -0.507 e. The quantitative estimate of drug-likeness (QED) is 0.673. The number of hydrogen-bond acceptors (Lipinski definition) is 6. The summed E-state index contributed by atoms with van der Waals surface area (Å²) in [5, 5.41) is 14.7. The zero-order valence-electron chi connectivity index (χ0n) is 13.7. The summed E-state index contributed by atoms with van der Waals surface area (Å²) in [6.45, 7) is 0. The number of esters is 1. The minimum absolute atomic E-state index is 0.109. The van der Waals surface area contributed by atoms with E-state index in [-0.39, 0.29) is 28.9 Å². The van der Waals surface area contributed by atoms with Gasteiger partial charge in [0.15, 0.2) is 0 Å². The molecule has 2 aromatic rings. The second-order valence-electron chi connectivity index (χ2n) is 5.75. The van der Waals surface area contributed by atoms with Crippen LogP contribution in [0.25, 0.3) is 5.76 Å². The van der Waals surface area contributed by atoms with Crippen molar-refractivity contribution in [2.24, 2.45) is 7.05 Å². The molecule has 0 saturated carbocycles. The van der Waals surface area contributed by atoms with Gasteiger partial charge in [0.05, 0.1) is 25.3 Å². The lowest BCUT2D eigenvalue weighted by Gasteiger charge is -2.23. The number of carbonyl (C=O) groups is 3. The predicted molar refractivity (Wildman–Crippen MR) is 87.9 cm³/mol. The number of aliphatic hydroxyl groups is 1. The summed E-state index contributed by atoms with van der Waals surface area (Å²) in [7, 11) is 2.93. The van der Waals surface area contributed by atoms with Crippen molar-refractivity contribution in [1.29, 1.82) is 0 Å². The monoisotopic (exact) mass is 340 g/mol. The van der Waals surface area contributed by atoms with E-state index in [2.05, 4.69) is 5.10 Å². The Hall–Kier alpha value is -3.22. The van der Waals surface area contributed by atoms with Crippen LogP contribution >= 0.6 is 0 Å².